The van der Waals surface area contributed by atoms with Gasteiger partial charge in [0.1, 0.15) is 5.76 Å². The number of amides is 2. The molecule has 2 N–H and O–H groups in total. The van der Waals surface area contributed by atoms with Crippen LogP contribution >= 0.6 is 0 Å². The highest BCUT2D eigenvalue weighted by molar-refractivity contribution is 5.89. The smallest absolute Gasteiger partial charge is 0.319 e. The number of carbonyl (C=O) groups is 1. The van der Waals surface area contributed by atoms with Crippen LogP contribution in [0.2, 0.25) is 0 Å². The second-order valence-electron chi connectivity index (χ2n) is 4.75. The number of carbonyl (C=O) groups excluding carboxylic acids is 1. The van der Waals surface area contributed by atoms with Crippen molar-refractivity contribution in [2.75, 3.05) is 5.32 Å². The second-order valence-corrected chi connectivity index (χ2v) is 4.75. The number of aryl methyl sites for hydroxylation is 2. The van der Waals surface area contributed by atoms with Gasteiger partial charge in [0.25, 0.3) is 0 Å². The zero-order valence-corrected chi connectivity index (χ0v) is 10.7. The molecular formula is C13H16N4O2. The quantitative estimate of drug-likeness (QED) is 0.869. The fourth-order valence-electron chi connectivity index (χ4n) is 2.45. The molecule has 0 spiro atoms. The van der Waals surface area contributed by atoms with Crippen molar-refractivity contribution in [3.63, 3.8) is 0 Å². The number of furan rings is 1. The molecule has 0 saturated heterocycles. The van der Waals surface area contributed by atoms with Crippen LogP contribution in [0.15, 0.2) is 29.1 Å². The molecule has 1 atom stereocenters. The van der Waals surface area contributed by atoms with E-state index in [1.54, 1.807) is 23.3 Å². The van der Waals surface area contributed by atoms with E-state index in [1.165, 1.54) is 0 Å². The van der Waals surface area contributed by atoms with Crippen LogP contribution in [0.25, 0.3) is 0 Å². The van der Waals surface area contributed by atoms with Crippen molar-refractivity contribution >= 4 is 11.7 Å². The predicted octanol–water partition coefficient (Wildman–Crippen LogP) is 2.21. The standard InChI is InChI=1S/C13H16N4O2/c1-17-8-9(7-14-17)15-13(18)16-11-3-2-4-12-10(11)5-6-19-12/h5-8,11H,2-4H2,1H3,(H2,15,16,18). The number of urea groups is 1. The summed E-state index contributed by atoms with van der Waals surface area (Å²) in [5, 5.41) is 9.74. The maximum absolute atomic E-state index is 11.9. The normalized spacial score (nSPS) is 17.8. The molecule has 3 rings (SSSR count). The number of rotatable bonds is 2. The summed E-state index contributed by atoms with van der Waals surface area (Å²) >= 11 is 0. The zero-order valence-electron chi connectivity index (χ0n) is 10.7. The lowest BCUT2D eigenvalue weighted by molar-refractivity contribution is 0.246. The summed E-state index contributed by atoms with van der Waals surface area (Å²) in [5.41, 5.74) is 1.77. The average molecular weight is 260 g/mol. The molecule has 1 aliphatic rings. The fourth-order valence-corrected chi connectivity index (χ4v) is 2.45. The Kier molecular flexibility index (Phi) is 2.98. The van der Waals surface area contributed by atoms with Gasteiger partial charge in [-0.3, -0.25) is 4.68 Å². The van der Waals surface area contributed by atoms with Gasteiger partial charge in [0.05, 0.1) is 24.2 Å². The topological polar surface area (TPSA) is 72.1 Å². The van der Waals surface area contributed by atoms with Crippen molar-refractivity contribution < 1.29 is 9.21 Å². The van der Waals surface area contributed by atoms with Crippen molar-refractivity contribution in [2.24, 2.45) is 7.05 Å². The van der Waals surface area contributed by atoms with Gasteiger partial charge < -0.3 is 15.1 Å². The zero-order chi connectivity index (χ0) is 13.2. The lowest BCUT2D eigenvalue weighted by Crippen LogP contribution is -2.33. The van der Waals surface area contributed by atoms with E-state index in [4.69, 9.17) is 4.42 Å². The van der Waals surface area contributed by atoms with E-state index in [0.29, 0.717) is 5.69 Å². The third-order valence-corrected chi connectivity index (χ3v) is 3.32. The van der Waals surface area contributed by atoms with Crippen molar-refractivity contribution in [3.05, 3.63) is 36.0 Å². The maximum atomic E-state index is 11.9. The minimum absolute atomic E-state index is 0.0270. The molecule has 0 saturated carbocycles. The Morgan fingerprint density at radius 2 is 2.47 bits per heavy atom. The first-order valence-electron chi connectivity index (χ1n) is 6.35. The van der Waals surface area contributed by atoms with Gasteiger partial charge in [-0.15, -0.1) is 0 Å². The number of nitrogens with zero attached hydrogens (tertiary/aromatic N) is 2. The molecule has 0 aromatic carbocycles. The van der Waals surface area contributed by atoms with Crippen LogP contribution in [0.4, 0.5) is 10.5 Å². The highest BCUT2D eigenvalue weighted by Gasteiger charge is 2.23. The number of hydrogen-bond acceptors (Lipinski definition) is 3. The molecule has 1 unspecified atom stereocenters. The van der Waals surface area contributed by atoms with Gasteiger partial charge in [0.2, 0.25) is 0 Å². The van der Waals surface area contributed by atoms with E-state index >= 15 is 0 Å². The monoisotopic (exact) mass is 260 g/mol. The number of anilines is 1. The number of fused-ring (bicyclic) bond motifs is 1. The van der Waals surface area contributed by atoms with Gasteiger partial charge in [0, 0.05) is 25.2 Å². The molecule has 2 aromatic rings. The molecule has 0 bridgehead atoms. The SMILES string of the molecule is Cn1cc(NC(=O)NC2CCCc3occc32)cn1. The fraction of sp³-hybridized carbons (Fsp3) is 0.385. The summed E-state index contributed by atoms with van der Waals surface area (Å²) in [7, 11) is 1.81. The summed E-state index contributed by atoms with van der Waals surface area (Å²) in [6, 6.07) is 1.75. The van der Waals surface area contributed by atoms with Gasteiger partial charge >= 0.3 is 6.03 Å². The first-order valence-corrected chi connectivity index (χ1v) is 6.35. The third-order valence-electron chi connectivity index (χ3n) is 3.32. The molecule has 0 aliphatic heterocycles. The third kappa shape index (κ3) is 2.47. The van der Waals surface area contributed by atoms with Gasteiger partial charge in [-0.1, -0.05) is 0 Å². The second kappa shape index (κ2) is 4.79. The molecule has 6 heteroatoms. The highest BCUT2D eigenvalue weighted by Crippen LogP contribution is 2.30. The Morgan fingerprint density at radius 1 is 1.58 bits per heavy atom. The highest BCUT2D eigenvalue weighted by atomic mass is 16.3. The molecule has 2 amide bonds. The van der Waals surface area contributed by atoms with Crippen LogP contribution in [-0.4, -0.2) is 15.8 Å². The van der Waals surface area contributed by atoms with Crippen molar-refractivity contribution in [3.8, 4) is 0 Å². The first-order chi connectivity index (χ1) is 9.22. The Balaban J connectivity index is 1.65. The molecule has 19 heavy (non-hydrogen) atoms. The number of nitrogens with one attached hydrogen (secondary N) is 2. The molecule has 0 radical (unpaired) electrons. The Bertz CT molecular complexity index is 587. The summed E-state index contributed by atoms with van der Waals surface area (Å²) in [6.07, 6.45) is 7.97. The molecule has 0 fully saturated rings. The van der Waals surface area contributed by atoms with E-state index in [0.717, 1.165) is 30.6 Å². The summed E-state index contributed by atoms with van der Waals surface area (Å²) in [4.78, 5) is 11.9. The van der Waals surface area contributed by atoms with Crippen LogP contribution in [0.5, 0.6) is 0 Å². The molecule has 1 aliphatic carbocycles. The largest absolute Gasteiger partial charge is 0.469 e. The Hall–Kier alpha value is -2.24. The van der Waals surface area contributed by atoms with Crippen LogP contribution < -0.4 is 10.6 Å². The molecule has 2 heterocycles. The summed E-state index contributed by atoms with van der Waals surface area (Å²) in [6.45, 7) is 0. The van der Waals surface area contributed by atoms with Gasteiger partial charge in [0.15, 0.2) is 0 Å². The lowest BCUT2D eigenvalue weighted by Gasteiger charge is -2.22. The van der Waals surface area contributed by atoms with Crippen LogP contribution in [0.3, 0.4) is 0 Å². The minimum atomic E-state index is -0.216. The molecule has 100 valence electrons. The van der Waals surface area contributed by atoms with E-state index in [9.17, 15) is 4.79 Å². The van der Waals surface area contributed by atoms with Crippen LogP contribution in [-0.2, 0) is 13.5 Å². The van der Waals surface area contributed by atoms with Gasteiger partial charge in [-0.05, 0) is 18.9 Å². The van der Waals surface area contributed by atoms with Crippen molar-refractivity contribution in [2.45, 2.75) is 25.3 Å². The van der Waals surface area contributed by atoms with E-state index in [2.05, 4.69) is 15.7 Å². The van der Waals surface area contributed by atoms with Crippen molar-refractivity contribution in [1.82, 2.24) is 15.1 Å². The van der Waals surface area contributed by atoms with Gasteiger partial charge in [-0.25, -0.2) is 4.79 Å². The average Bonchev–Trinajstić information content (AvgIpc) is 2.98. The Morgan fingerprint density at radius 3 is 3.26 bits per heavy atom. The minimum Gasteiger partial charge on any atom is -0.469 e. The molecule has 6 nitrogen and oxygen atoms in total. The van der Waals surface area contributed by atoms with E-state index in [-0.39, 0.29) is 12.1 Å². The summed E-state index contributed by atoms with van der Waals surface area (Å²) < 4.78 is 7.05. The predicted molar refractivity (Wildman–Crippen MR) is 69.7 cm³/mol. The van der Waals surface area contributed by atoms with Crippen LogP contribution in [0.1, 0.15) is 30.2 Å². The summed E-state index contributed by atoms with van der Waals surface area (Å²) in [5.74, 6) is 0.984. The van der Waals surface area contributed by atoms with E-state index < -0.39 is 0 Å². The lowest BCUT2D eigenvalue weighted by atomic mass is 9.93. The number of hydrogen-bond donors (Lipinski definition) is 2. The first kappa shape index (κ1) is 11.8. The Labute approximate surface area is 110 Å². The molecule has 2 aromatic heterocycles. The van der Waals surface area contributed by atoms with Crippen LogP contribution in [0, 0.1) is 0 Å². The molecular weight excluding hydrogens is 244 g/mol. The van der Waals surface area contributed by atoms with E-state index in [1.807, 2.05) is 13.1 Å². The maximum Gasteiger partial charge on any atom is 0.319 e. The number of aromatic nitrogens is 2. The van der Waals surface area contributed by atoms with Gasteiger partial charge in [-0.2, -0.15) is 5.10 Å². The van der Waals surface area contributed by atoms with Crippen molar-refractivity contribution in [1.29, 1.82) is 0 Å².